The molecule has 4 aromatic carbocycles. The number of phenols is 8. The summed E-state index contributed by atoms with van der Waals surface area (Å²) in [5.41, 5.74) is -5.46. The average molecular weight is 1280 g/mol. The molecule has 5 fully saturated rings. The van der Waals surface area contributed by atoms with Gasteiger partial charge in [0.2, 0.25) is 0 Å². The van der Waals surface area contributed by atoms with Crippen LogP contribution in [0, 0.1) is 11.8 Å². The van der Waals surface area contributed by atoms with Crippen LogP contribution < -0.4 is 0 Å². The molecule has 0 amide bonds. The molecule has 32 nitrogen and oxygen atoms in total. The predicted molar refractivity (Wildman–Crippen MR) is 290 cm³/mol. The number of aliphatic hydroxyl groups is 14. The number of Topliss-reactive ketones (excluding diaryl/α,β-unsaturated/α-hetero) is 2. The van der Waals surface area contributed by atoms with Gasteiger partial charge in [-0.2, -0.15) is 0 Å². The van der Waals surface area contributed by atoms with Gasteiger partial charge in [0.1, 0.15) is 192 Å². The van der Waals surface area contributed by atoms with Crippen molar-refractivity contribution in [3.05, 3.63) is 93.0 Å². The Morgan fingerprint density at radius 3 is 0.844 bits per heavy atom. The Balaban J connectivity index is 1.03. The first kappa shape index (κ1) is 67.2. The first-order valence-electron chi connectivity index (χ1n) is 28.0. The number of ketones is 2. The van der Waals surface area contributed by atoms with Gasteiger partial charge in [0.15, 0.2) is 11.6 Å². The minimum atomic E-state index is -2.37. The van der Waals surface area contributed by atoms with Crippen molar-refractivity contribution in [2.24, 2.45) is 11.8 Å². The second kappa shape index (κ2) is 26.2. The molecule has 0 aromatic heterocycles. The standard InChI is InChI=1S/C58H68O32/c1-15(61)25-39(69)31(53-49(79)45(75)35(65)21(11-59)87-53)43(73)33(41(25)71)55-51(81)47(77)37(67)23(89-55)13-85-57(83)29-27(17-3-7-19(63)8-4-17)28(18-5-9-20(64)10-6-18)30(29)58(84)86-14-24-38(68)48(78)52(82)56(90-24)34-42(72)26(16(2)62)40(70)32(44(34)74)54-50(80)46(76)36(66)22(12-60)88-54/h3-10,21-24,27-30,35-38,45-56,59-60,63-82H,11-14H2,1-2H3/t21-,22-,23-,24-,27+,28+,29-,30-,35-,36-,37-,38-,45+,46+,47+,48+,49-,50-,51-,52-,53+,54+,55+,56+/m1/s1. The Labute approximate surface area is 507 Å². The van der Waals surface area contributed by atoms with Gasteiger partial charge >= 0.3 is 11.9 Å². The quantitative estimate of drug-likeness (QED) is 0.0371. The van der Waals surface area contributed by atoms with E-state index in [1.54, 1.807) is 0 Å². The third kappa shape index (κ3) is 11.6. The highest BCUT2D eigenvalue weighted by Crippen LogP contribution is 2.60. The molecule has 4 heterocycles. The molecular weight excluding hydrogens is 1210 g/mol. The summed E-state index contributed by atoms with van der Waals surface area (Å²) in [6.07, 6.45) is -42.7. The number of hydrogen-bond acceptors (Lipinski definition) is 32. The fraction of sp³-hybridized carbons (Fsp3) is 0.517. The highest BCUT2D eigenvalue weighted by molar-refractivity contribution is 6.02. The number of aromatic hydroxyl groups is 8. The zero-order valence-corrected chi connectivity index (χ0v) is 47.2. The van der Waals surface area contributed by atoms with Crippen LogP contribution in [0.5, 0.6) is 46.0 Å². The van der Waals surface area contributed by atoms with Gasteiger partial charge in [-0.3, -0.25) is 19.2 Å². The lowest BCUT2D eigenvalue weighted by molar-refractivity contribution is -0.238. The zero-order valence-electron chi connectivity index (χ0n) is 47.2. The molecular formula is C58H68O32. The van der Waals surface area contributed by atoms with Crippen molar-refractivity contribution in [3.8, 4) is 46.0 Å². The molecule has 4 saturated heterocycles. The maximum Gasteiger partial charge on any atom is 0.310 e. The largest absolute Gasteiger partial charge is 0.508 e. The topological polar surface area (TPSA) is 569 Å². The molecule has 0 bridgehead atoms. The zero-order chi connectivity index (χ0) is 66.1. The second-order valence-electron chi connectivity index (χ2n) is 22.8. The third-order valence-corrected chi connectivity index (χ3v) is 17.5. The van der Waals surface area contributed by atoms with Crippen molar-refractivity contribution in [2.45, 2.75) is 148 Å². The lowest BCUT2D eigenvalue weighted by atomic mass is 9.52. The summed E-state index contributed by atoms with van der Waals surface area (Å²) in [4.78, 5) is 55.7. The summed E-state index contributed by atoms with van der Waals surface area (Å²) in [5, 5.41) is 242. The minimum Gasteiger partial charge on any atom is -0.508 e. The number of benzene rings is 4. The number of carbonyl (C=O) groups is 4. The number of rotatable bonds is 16. The van der Waals surface area contributed by atoms with Crippen molar-refractivity contribution in [1.29, 1.82) is 0 Å². The van der Waals surface area contributed by atoms with Gasteiger partial charge in [0, 0.05) is 11.8 Å². The lowest BCUT2D eigenvalue weighted by Crippen LogP contribution is -2.57. The van der Waals surface area contributed by atoms with Crippen molar-refractivity contribution < 1.29 is 160 Å². The van der Waals surface area contributed by atoms with Gasteiger partial charge in [-0.15, -0.1) is 0 Å². The lowest BCUT2D eigenvalue weighted by Gasteiger charge is -2.50. The average Bonchev–Trinajstić information content (AvgIpc) is 0.736. The van der Waals surface area contributed by atoms with Crippen molar-refractivity contribution in [3.63, 3.8) is 0 Å². The van der Waals surface area contributed by atoms with Crippen LogP contribution in [0.4, 0.5) is 0 Å². The third-order valence-electron chi connectivity index (χ3n) is 17.5. The molecule has 5 aliphatic rings. The molecule has 0 radical (unpaired) electrons. The monoisotopic (exact) mass is 1280 g/mol. The van der Waals surface area contributed by atoms with Gasteiger partial charge in [0.25, 0.3) is 0 Å². The highest BCUT2D eigenvalue weighted by atomic mass is 16.6. The number of hydrogen-bond donors (Lipinski definition) is 22. The molecule has 22 N–H and O–H groups in total. The van der Waals surface area contributed by atoms with E-state index >= 15 is 0 Å². The van der Waals surface area contributed by atoms with Crippen LogP contribution in [0.2, 0.25) is 0 Å². The Kier molecular flexibility index (Phi) is 19.6. The molecule has 1 aliphatic carbocycles. The van der Waals surface area contributed by atoms with E-state index in [1.165, 1.54) is 48.5 Å². The van der Waals surface area contributed by atoms with E-state index in [9.17, 15) is 132 Å². The van der Waals surface area contributed by atoms with E-state index in [0.717, 1.165) is 13.8 Å². The van der Waals surface area contributed by atoms with Crippen molar-refractivity contribution in [1.82, 2.24) is 0 Å². The molecule has 24 atom stereocenters. The molecule has 492 valence electrons. The molecule has 1 saturated carbocycles. The number of esters is 2. The van der Waals surface area contributed by atoms with E-state index in [0.29, 0.717) is 0 Å². The first-order chi connectivity index (χ1) is 42.4. The van der Waals surface area contributed by atoms with Gasteiger partial charge in [0.05, 0.1) is 47.3 Å². The molecule has 90 heavy (non-hydrogen) atoms. The normalized spacial score (nSPS) is 36.1. The SMILES string of the molecule is CC(=O)c1c(O)c([C@@H]2O[C@H](CO)[C@@H](O)[C@H](O)[C@H]2O)c(O)c([C@@H]2O[C@H](COC(=O)[C@H]3[C@H](C(=O)OC[C@H]4O[C@@H](c5c(O)c(C(C)=O)c(O)c([C@@H]6O[C@H](CO)[C@@H](O)[C@H](O)[C@H]6O)c5O)[C@H](O)[C@@H](O)[C@@H]4O)[C@@H](c4ccc(O)cc4)[C@@H]3c3ccc(O)cc3)[C@@H](O)[C@H](O)[C@H]2O)c1O. The molecule has 32 heteroatoms. The van der Waals surface area contributed by atoms with E-state index in [2.05, 4.69) is 0 Å². The summed E-state index contributed by atoms with van der Waals surface area (Å²) in [5.74, 6) is -18.8. The number of carbonyl (C=O) groups excluding carboxylic acids is 4. The Morgan fingerprint density at radius 2 is 0.600 bits per heavy atom. The maximum atomic E-state index is 14.8. The maximum absolute atomic E-state index is 14.8. The summed E-state index contributed by atoms with van der Waals surface area (Å²) in [6.45, 7) is -2.63. The molecule has 0 unspecified atom stereocenters. The van der Waals surface area contributed by atoms with Crippen LogP contribution in [0.15, 0.2) is 48.5 Å². The number of phenolic OH excluding ortho intramolecular Hbond substituents is 8. The van der Waals surface area contributed by atoms with Gasteiger partial charge in [-0.25, -0.2) is 0 Å². The van der Waals surface area contributed by atoms with Gasteiger partial charge in [-0.05, 0) is 49.2 Å². The summed E-state index contributed by atoms with van der Waals surface area (Å²) < 4.78 is 34.2. The van der Waals surface area contributed by atoms with E-state index in [-0.39, 0.29) is 22.6 Å². The Bertz CT molecular complexity index is 3100. The number of aliphatic hydroxyl groups excluding tert-OH is 14. The van der Waals surface area contributed by atoms with Crippen LogP contribution in [0.3, 0.4) is 0 Å². The summed E-state index contributed by atoms with van der Waals surface area (Å²) >= 11 is 0. The molecule has 4 aromatic rings. The van der Waals surface area contributed by atoms with Crippen molar-refractivity contribution in [2.75, 3.05) is 26.4 Å². The summed E-state index contributed by atoms with van der Waals surface area (Å²) in [7, 11) is 0. The Hall–Kier alpha value is -7.16. The fourth-order valence-corrected chi connectivity index (χ4v) is 12.7. The van der Waals surface area contributed by atoms with Crippen LogP contribution in [-0.2, 0) is 38.0 Å². The van der Waals surface area contributed by atoms with Gasteiger partial charge in [-0.1, -0.05) is 24.3 Å². The number of ether oxygens (including phenoxy) is 6. The predicted octanol–water partition coefficient (Wildman–Crippen LogP) is -4.59. The smallest absolute Gasteiger partial charge is 0.310 e. The van der Waals surface area contributed by atoms with E-state index in [4.69, 9.17) is 28.4 Å². The second-order valence-corrected chi connectivity index (χ2v) is 22.8. The minimum absolute atomic E-state index is 0.247. The Morgan fingerprint density at radius 1 is 0.356 bits per heavy atom. The first-order valence-corrected chi connectivity index (χ1v) is 28.0. The van der Waals surface area contributed by atoms with Crippen LogP contribution in [0.25, 0.3) is 0 Å². The van der Waals surface area contributed by atoms with Crippen LogP contribution >= 0.6 is 0 Å². The van der Waals surface area contributed by atoms with Crippen LogP contribution in [0.1, 0.15) is 104 Å². The summed E-state index contributed by atoms with van der Waals surface area (Å²) in [6, 6.07) is 10.5. The van der Waals surface area contributed by atoms with Crippen molar-refractivity contribution >= 4 is 23.5 Å². The highest BCUT2D eigenvalue weighted by Gasteiger charge is 2.61. The van der Waals surface area contributed by atoms with E-state index < -0.39 is 264 Å². The van der Waals surface area contributed by atoms with Gasteiger partial charge < -0.3 is 141 Å². The molecule has 9 rings (SSSR count). The van der Waals surface area contributed by atoms with E-state index in [1.807, 2.05) is 0 Å². The molecule has 0 spiro atoms. The fourth-order valence-electron chi connectivity index (χ4n) is 12.7. The van der Waals surface area contributed by atoms with Crippen LogP contribution in [-0.4, -0.2) is 260 Å². The molecule has 4 aliphatic heterocycles.